The highest BCUT2D eigenvalue weighted by atomic mass is 32.2. The lowest BCUT2D eigenvalue weighted by atomic mass is 9.94. The Hall–Kier alpha value is -1.07. The molecule has 2 rings (SSSR count). The number of hydrogen-bond acceptors (Lipinski definition) is 3. The van der Waals surface area contributed by atoms with Gasteiger partial charge in [0.05, 0.1) is 5.69 Å². The van der Waals surface area contributed by atoms with E-state index in [4.69, 9.17) is 5.73 Å². The summed E-state index contributed by atoms with van der Waals surface area (Å²) in [6, 6.07) is 5.14. The number of nitrogens with two attached hydrogens (primary N) is 1. The zero-order chi connectivity index (χ0) is 14.8. The highest BCUT2D eigenvalue weighted by molar-refractivity contribution is 7.89. The molecule has 0 aliphatic carbocycles. The lowest BCUT2D eigenvalue weighted by Crippen LogP contribution is -2.38. The summed E-state index contributed by atoms with van der Waals surface area (Å²) in [6.45, 7) is 5.31. The summed E-state index contributed by atoms with van der Waals surface area (Å²) in [7, 11) is -3.44. The van der Waals surface area contributed by atoms with Crippen LogP contribution in [0.25, 0.3) is 0 Å². The number of anilines is 1. The third-order valence-corrected chi connectivity index (χ3v) is 6.03. The maximum absolute atomic E-state index is 12.6. The van der Waals surface area contributed by atoms with Gasteiger partial charge in [-0.05, 0) is 43.4 Å². The number of nitrogen functional groups attached to an aromatic ring is 1. The van der Waals surface area contributed by atoms with Crippen molar-refractivity contribution in [3.05, 3.63) is 23.8 Å². The zero-order valence-corrected chi connectivity index (χ0v) is 13.1. The summed E-state index contributed by atoms with van der Waals surface area (Å²) < 4.78 is 26.8. The molecular weight excluding hydrogens is 272 g/mol. The fraction of sp³-hybridized carbons (Fsp3) is 0.600. The van der Waals surface area contributed by atoms with Crippen LogP contribution < -0.4 is 5.73 Å². The van der Waals surface area contributed by atoms with E-state index < -0.39 is 10.0 Å². The van der Waals surface area contributed by atoms with E-state index in [0.29, 0.717) is 24.7 Å². The minimum Gasteiger partial charge on any atom is -0.398 e. The van der Waals surface area contributed by atoms with Crippen LogP contribution in [0.3, 0.4) is 0 Å². The molecule has 0 unspecified atom stereocenters. The van der Waals surface area contributed by atoms with Crippen LogP contribution in [-0.4, -0.2) is 25.8 Å². The van der Waals surface area contributed by atoms with Gasteiger partial charge >= 0.3 is 0 Å². The summed E-state index contributed by atoms with van der Waals surface area (Å²) in [6.07, 6.45) is 4.28. The van der Waals surface area contributed by atoms with Gasteiger partial charge in [-0.3, -0.25) is 0 Å². The van der Waals surface area contributed by atoms with E-state index in [-0.39, 0.29) is 4.90 Å². The summed E-state index contributed by atoms with van der Waals surface area (Å²) in [4.78, 5) is 0.247. The van der Waals surface area contributed by atoms with Gasteiger partial charge < -0.3 is 5.73 Å². The molecule has 1 aromatic carbocycles. The quantitative estimate of drug-likeness (QED) is 0.869. The number of piperidine rings is 1. The van der Waals surface area contributed by atoms with Crippen molar-refractivity contribution >= 4 is 15.7 Å². The Morgan fingerprint density at radius 2 is 1.95 bits per heavy atom. The second-order valence-corrected chi connectivity index (χ2v) is 7.58. The van der Waals surface area contributed by atoms with Crippen molar-refractivity contribution in [3.8, 4) is 0 Å². The Bertz CT molecular complexity index is 561. The molecular formula is C15H24N2O2S. The van der Waals surface area contributed by atoms with E-state index in [1.165, 1.54) is 12.8 Å². The van der Waals surface area contributed by atoms with Gasteiger partial charge in [-0.2, -0.15) is 4.31 Å². The smallest absolute Gasteiger partial charge is 0.245 e. The van der Waals surface area contributed by atoms with Crippen LogP contribution in [0.15, 0.2) is 23.1 Å². The first-order chi connectivity index (χ1) is 9.45. The molecule has 1 heterocycles. The monoisotopic (exact) mass is 296 g/mol. The summed E-state index contributed by atoms with van der Waals surface area (Å²) >= 11 is 0. The van der Waals surface area contributed by atoms with Crippen LogP contribution in [0.1, 0.15) is 38.2 Å². The van der Waals surface area contributed by atoms with Crippen molar-refractivity contribution < 1.29 is 8.42 Å². The molecule has 0 atom stereocenters. The van der Waals surface area contributed by atoms with Gasteiger partial charge in [-0.1, -0.05) is 25.8 Å². The average Bonchev–Trinajstić information content (AvgIpc) is 2.39. The van der Waals surface area contributed by atoms with Crippen LogP contribution in [0.5, 0.6) is 0 Å². The Balaban J connectivity index is 2.15. The predicted octanol–water partition coefficient (Wildman–Crippen LogP) is 2.78. The molecule has 1 saturated heterocycles. The largest absolute Gasteiger partial charge is 0.398 e. The first-order valence-corrected chi connectivity index (χ1v) is 8.75. The molecule has 1 aromatic rings. The lowest BCUT2D eigenvalue weighted by Gasteiger charge is -2.31. The molecule has 112 valence electrons. The van der Waals surface area contributed by atoms with Gasteiger partial charge in [0.1, 0.15) is 4.90 Å². The third-order valence-electron chi connectivity index (χ3n) is 4.05. The van der Waals surface area contributed by atoms with E-state index >= 15 is 0 Å². The van der Waals surface area contributed by atoms with Crippen LogP contribution in [0.2, 0.25) is 0 Å². The van der Waals surface area contributed by atoms with E-state index in [2.05, 4.69) is 6.92 Å². The lowest BCUT2D eigenvalue weighted by molar-refractivity contribution is 0.262. The number of sulfonamides is 1. The first-order valence-electron chi connectivity index (χ1n) is 7.31. The maximum atomic E-state index is 12.6. The minimum absolute atomic E-state index is 0.247. The second-order valence-electron chi connectivity index (χ2n) is 5.68. The van der Waals surface area contributed by atoms with Crippen molar-refractivity contribution in [1.29, 1.82) is 0 Å². The zero-order valence-electron chi connectivity index (χ0n) is 12.3. The second kappa shape index (κ2) is 6.14. The van der Waals surface area contributed by atoms with E-state index in [0.717, 1.165) is 18.4 Å². The fourth-order valence-electron chi connectivity index (χ4n) is 2.89. The molecule has 1 fully saturated rings. The normalized spacial score (nSPS) is 18.3. The molecule has 0 bridgehead atoms. The van der Waals surface area contributed by atoms with Crippen molar-refractivity contribution in [1.82, 2.24) is 4.31 Å². The standard InChI is InChI=1S/C15H24N2O2S/c1-3-4-13-7-9-17(10-8-13)20(18,19)15-6-5-12(2)11-14(15)16/h5-6,11,13H,3-4,7-10,16H2,1-2H3. The molecule has 0 spiro atoms. The Labute approximate surface area is 122 Å². The van der Waals surface area contributed by atoms with Crippen LogP contribution in [0, 0.1) is 12.8 Å². The third kappa shape index (κ3) is 3.15. The number of rotatable bonds is 4. The van der Waals surface area contributed by atoms with Gasteiger partial charge in [0.15, 0.2) is 0 Å². The number of nitrogens with zero attached hydrogens (tertiary/aromatic N) is 1. The predicted molar refractivity (Wildman–Crippen MR) is 82.0 cm³/mol. The maximum Gasteiger partial charge on any atom is 0.245 e. The molecule has 4 nitrogen and oxygen atoms in total. The van der Waals surface area contributed by atoms with Crippen molar-refractivity contribution in [2.24, 2.45) is 5.92 Å². The van der Waals surface area contributed by atoms with Crippen LogP contribution >= 0.6 is 0 Å². The summed E-state index contributed by atoms with van der Waals surface area (Å²) in [5, 5.41) is 0. The van der Waals surface area contributed by atoms with Gasteiger partial charge in [0.2, 0.25) is 10.0 Å². The van der Waals surface area contributed by atoms with Crippen LogP contribution in [0.4, 0.5) is 5.69 Å². The van der Waals surface area contributed by atoms with Crippen molar-refractivity contribution in [2.45, 2.75) is 44.4 Å². The van der Waals surface area contributed by atoms with Gasteiger partial charge in [0.25, 0.3) is 0 Å². The van der Waals surface area contributed by atoms with Gasteiger partial charge in [-0.15, -0.1) is 0 Å². The topological polar surface area (TPSA) is 63.4 Å². The average molecular weight is 296 g/mol. The van der Waals surface area contributed by atoms with E-state index in [1.54, 1.807) is 22.5 Å². The molecule has 20 heavy (non-hydrogen) atoms. The minimum atomic E-state index is -3.44. The highest BCUT2D eigenvalue weighted by Crippen LogP contribution is 2.28. The summed E-state index contributed by atoms with van der Waals surface area (Å²) in [5.41, 5.74) is 7.21. The van der Waals surface area contributed by atoms with Gasteiger partial charge in [-0.25, -0.2) is 8.42 Å². The van der Waals surface area contributed by atoms with Crippen LogP contribution in [-0.2, 0) is 10.0 Å². The molecule has 0 amide bonds. The molecule has 0 saturated carbocycles. The highest BCUT2D eigenvalue weighted by Gasteiger charge is 2.30. The van der Waals surface area contributed by atoms with Gasteiger partial charge in [0, 0.05) is 13.1 Å². The van der Waals surface area contributed by atoms with Crippen molar-refractivity contribution in [3.63, 3.8) is 0 Å². The molecule has 2 N–H and O–H groups in total. The fourth-order valence-corrected chi connectivity index (χ4v) is 4.45. The Kier molecular flexibility index (Phi) is 4.70. The van der Waals surface area contributed by atoms with Crippen molar-refractivity contribution in [2.75, 3.05) is 18.8 Å². The molecule has 1 aliphatic heterocycles. The SMILES string of the molecule is CCCC1CCN(S(=O)(=O)c2ccc(C)cc2N)CC1. The number of hydrogen-bond donors (Lipinski definition) is 1. The Morgan fingerprint density at radius 3 is 2.50 bits per heavy atom. The van der Waals surface area contributed by atoms with E-state index in [1.807, 2.05) is 6.92 Å². The molecule has 1 aliphatic rings. The van der Waals surface area contributed by atoms with E-state index in [9.17, 15) is 8.42 Å². The summed E-state index contributed by atoms with van der Waals surface area (Å²) in [5.74, 6) is 0.668. The molecule has 0 radical (unpaired) electrons. The Morgan fingerprint density at radius 1 is 1.30 bits per heavy atom. The number of aryl methyl sites for hydroxylation is 1. The molecule has 5 heteroatoms. The number of benzene rings is 1. The first kappa shape index (κ1) is 15.3. The molecule has 0 aromatic heterocycles.